The van der Waals surface area contributed by atoms with Gasteiger partial charge in [0.1, 0.15) is 0 Å². The van der Waals surface area contributed by atoms with Gasteiger partial charge >= 0.3 is 47.9 Å². The molecular weight excluding hydrogens is 790 g/mol. The summed E-state index contributed by atoms with van der Waals surface area (Å²) in [5, 5.41) is 0. The van der Waals surface area contributed by atoms with Gasteiger partial charge in [-0.05, 0) is 70.5 Å². The minimum atomic E-state index is -8.80. The van der Waals surface area contributed by atoms with Gasteiger partial charge in [0.25, 0.3) is 0 Å². The van der Waals surface area contributed by atoms with Crippen molar-refractivity contribution in [2.24, 2.45) is 0 Å². The molecule has 2 nitrogen and oxygen atoms in total. The quantitative estimate of drug-likeness (QED) is 0.111. The molecule has 4 N–H and O–H groups in total. The highest BCUT2D eigenvalue weighted by atomic mass is 19.4. The molecule has 0 atom stereocenters. The molecule has 0 aliphatic rings. The van der Waals surface area contributed by atoms with Gasteiger partial charge in [-0.3, -0.25) is 0 Å². The summed E-state index contributed by atoms with van der Waals surface area (Å²) in [6, 6.07) is 13.8. The smallest absolute Gasteiger partial charge is 0.399 e. The SMILES string of the molecule is Nc1ccc(Cc2ccc(C(c3ccc(Cc4ccc(N)cc4)cc3)(C(F)(F)F)C(F)(F)C(F)(F)C(F)(F)C(F)(F)C(F)(F)C(F)(F)C(F)(F)F)cc2)cc1. The Labute approximate surface area is 298 Å². The van der Waals surface area contributed by atoms with Crippen LogP contribution in [0.25, 0.3) is 0 Å². The molecular formula is C35H24F18N2. The third kappa shape index (κ3) is 6.78. The number of rotatable bonds is 12. The Bertz CT molecular complexity index is 1840. The first-order valence-electron chi connectivity index (χ1n) is 15.2. The molecule has 0 heterocycles. The van der Waals surface area contributed by atoms with Crippen LogP contribution in [0.1, 0.15) is 33.4 Å². The summed E-state index contributed by atoms with van der Waals surface area (Å²) >= 11 is 0. The molecule has 0 bridgehead atoms. The van der Waals surface area contributed by atoms with Gasteiger partial charge in [0, 0.05) is 11.4 Å². The van der Waals surface area contributed by atoms with E-state index in [1.165, 1.54) is 48.5 Å². The Morgan fingerprint density at radius 1 is 0.291 bits per heavy atom. The predicted molar refractivity (Wildman–Crippen MR) is 163 cm³/mol. The number of nitrogen functional groups attached to an aromatic ring is 2. The summed E-state index contributed by atoms with van der Waals surface area (Å²) in [6.45, 7) is 0. The Kier molecular flexibility index (Phi) is 10.7. The van der Waals surface area contributed by atoms with E-state index in [4.69, 9.17) is 11.5 Å². The van der Waals surface area contributed by atoms with E-state index in [0.29, 0.717) is 35.4 Å². The first-order valence-corrected chi connectivity index (χ1v) is 15.2. The van der Waals surface area contributed by atoms with Crippen molar-refractivity contribution in [2.45, 2.75) is 66.1 Å². The molecule has 0 aromatic heterocycles. The maximum absolute atomic E-state index is 16.3. The van der Waals surface area contributed by atoms with Crippen LogP contribution in [0.15, 0.2) is 97.1 Å². The number of nitrogens with two attached hydrogens (primary N) is 2. The Hall–Kier alpha value is -4.78. The molecule has 0 saturated carbocycles. The Morgan fingerprint density at radius 3 is 0.782 bits per heavy atom. The molecule has 0 radical (unpaired) electrons. The summed E-state index contributed by atoms with van der Waals surface area (Å²) in [7, 11) is 0. The van der Waals surface area contributed by atoms with Crippen molar-refractivity contribution in [1.29, 1.82) is 0 Å². The van der Waals surface area contributed by atoms with Crippen LogP contribution in [0.4, 0.5) is 90.4 Å². The number of hydrogen-bond acceptors (Lipinski definition) is 2. The van der Waals surface area contributed by atoms with E-state index < -0.39 is 64.4 Å². The standard InChI is InChI=1S/C35H24F18N2/c36-28(37,29(38,39)30(40,41)31(42,43)32(44,45)33(46,47)35(51,52)53)27(34(48,49)50,23-9-1-19(2-10-23)17-21-5-13-25(54)14-6-21)24-11-3-20(4-12-24)18-22-7-15-26(55)16-8-22/h1-16H,17-18,54-55H2. The zero-order chi connectivity index (χ0) is 41.8. The largest absolute Gasteiger partial charge is 0.460 e. The van der Waals surface area contributed by atoms with Crippen LogP contribution in [0.5, 0.6) is 0 Å². The lowest BCUT2D eigenvalue weighted by molar-refractivity contribution is -0.459. The van der Waals surface area contributed by atoms with Crippen LogP contribution in [-0.4, -0.2) is 47.9 Å². The maximum Gasteiger partial charge on any atom is 0.460 e. The van der Waals surface area contributed by atoms with Crippen molar-refractivity contribution < 1.29 is 79.0 Å². The number of halogens is 18. The van der Waals surface area contributed by atoms with Gasteiger partial charge in [0.05, 0.1) is 0 Å². The van der Waals surface area contributed by atoms with Gasteiger partial charge < -0.3 is 11.5 Å². The van der Waals surface area contributed by atoms with Gasteiger partial charge in [-0.15, -0.1) is 0 Å². The van der Waals surface area contributed by atoms with Crippen LogP contribution in [0.3, 0.4) is 0 Å². The van der Waals surface area contributed by atoms with E-state index in [-0.39, 0.29) is 59.6 Å². The number of benzene rings is 4. The average molecular weight is 815 g/mol. The fourth-order valence-corrected chi connectivity index (χ4v) is 5.72. The first-order chi connectivity index (χ1) is 24.9. The van der Waals surface area contributed by atoms with Crippen molar-refractivity contribution in [3.8, 4) is 0 Å². The predicted octanol–water partition coefficient (Wildman–Crippen LogP) is 11.3. The second-order valence-electron chi connectivity index (χ2n) is 12.4. The van der Waals surface area contributed by atoms with Crippen molar-refractivity contribution in [2.75, 3.05) is 11.5 Å². The minimum Gasteiger partial charge on any atom is -0.399 e. The van der Waals surface area contributed by atoms with E-state index in [2.05, 4.69) is 0 Å². The summed E-state index contributed by atoms with van der Waals surface area (Å²) in [5.74, 6) is -50.8. The van der Waals surface area contributed by atoms with E-state index >= 15 is 30.7 Å². The Morgan fingerprint density at radius 2 is 0.527 bits per heavy atom. The number of hydrogen-bond donors (Lipinski definition) is 2. The zero-order valence-corrected chi connectivity index (χ0v) is 27.1. The lowest BCUT2D eigenvalue weighted by Crippen LogP contribution is -2.76. The molecule has 4 rings (SSSR count). The minimum absolute atomic E-state index is 0.0515. The highest BCUT2D eigenvalue weighted by molar-refractivity contribution is 5.49. The normalized spacial score (nSPS) is 14.3. The average Bonchev–Trinajstić information content (AvgIpc) is 3.07. The lowest BCUT2D eigenvalue weighted by atomic mass is 9.65. The van der Waals surface area contributed by atoms with E-state index in [9.17, 15) is 48.3 Å². The van der Waals surface area contributed by atoms with E-state index in [1.54, 1.807) is 0 Å². The number of anilines is 2. The van der Waals surface area contributed by atoms with Crippen LogP contribution < -0.4 is 11.5 Å². The molecule has 0 amide bonds. The van der Waals surface area contributed by atoms with Crippen molar-refractivity contribution in [3.05, 3.63) is 130 Å². The molecule has 20 heteroatoms. The third-order valence-electron chi connectivity index (χ3n) is 8.77. The highest BCUT2D eigenvalue weighted by Gasteiger charge is 2.96. The summed E-state index contributed by atoms with van der Waals surface area (Å²) in [4.78, 5) is 0. The number of alkyl halides is 18. The summed E-state index contributed by atoms with van der Waals surface area (Å²) in [6.07, 6.45) is -15.3. The molecule has 0 aliphatic heterocycles. The van der Waals surface area contributed by atoms with Crippen LogP contribution >= 0.6 is 0 Å². The van der Waals surface area contributed by atoms with Crippen LogP contribution in [-0.2, 0) is 18.3 Å². The van der Waals surface area contributed by atoms with Gasteiger partial charge in [0.15, 0.2) is 5.41 Å². The molecule has 0 saturated heterocycles. The van der Waals surface area contributed by atoms with Crippen LogP contribution in [0, 0.1) is 0 Å². The fourth-order valence-electron chi connectivity index (χ4n) is 5.72. The lowest BCUT2D eigenvalue weighted by Gasteiger charge is -2.48. The fraction of sp³-hybridized carbons (Fsp3) is 0.314. The van der Waals surface area contributed by atoms with Gasteiger partial charge in [-0.1, -0.05) is 72.8 Å². The molecule has 4 aromatic rings. The molecule has 0 spiro atoms. The summed E-state index contributed by atoms with van der Waals surface area (Å²) < 4.78 is 262. The van der Waals surface area contributed by atoms with Crippen LogP contribution in [0.2, 0.25) is 0 Å². The van der Waals surface area contributed by atoms with Crippen molar-refractivity contribution in [1.82, 2.24) is 0 Å². The molecule has 4 aromatic carbocycles. The van der Waals surface area contributed by atoms with Gasteiger partial charge in [0.2, 0.25) is 0 Å². The van der Waals surface area contributed by atoms with Gasteiger partial charge in [-0.2, -0.15) is 79.0 Å². The Balaban J connectivity index is 1.99. The first kappa shape index (κ1) is 43.0. The second-order valence-corrected chi connectivity index (χ2v) is 12.4. The molecule has 300 valence electrons. The third-order valence-corrected chi connectivity index (χ3v) is 8.77. The van der Waals surface area contributed by atoms with E-state index in [0.717, 1.165) is 0 Å². The van der Waals surface area contributed by atoms with Gasteiger partial charge in [-0.25, -0.2) is 0 Å². The zero-order valence-electron chi connectivity index (χ0n) is 27.1. The highest BCUT2D eigenvalue weighted by Crippen LogP contribution is 2.67. The summed E-state index contributed by atoms with van der Waals surface area (Å²) in [5.41, 5.74) is 2.23. The second kappa shape index (κ2) is 13.8. The monoisotopic (exact) mass is 814 g/mol. The molecule has 0 fully saturated rings. The maximum atomic E-state index is 16.3. The van der Waals surface area contributed by atoms with Crippen molar-refractivity contribution >= 4 is 11.4 Å². The molecule has 55 heavy (non-hydrogen) atoms. The topological polar surface area (TPSA) is 52.0 Å². The molecule has 0 unspecified atom stereocenters. The van der Waals surface area contributed by atoms with E-state index in [1.807, 2.05) is 0 Å². The molecule has 0 aliphatic carbocycles. The van der Waals surface area contributed by atoms with Crippen molar-refractivity contribution in [3.63, 3.8) is 0 Å².